The molecule has 0 radical (unpaired) electrons. The molecule has 0 spiro atoms. The lowest BCUT2D eigenvalue weighted by Gasteiger charge is -2.35. The van der Waals surface area contributed by atoms with Gasteiger partial charge in [-0.15, -0.1) is 24.0 Å². The summed E-state index contributed by atoms with van der Waals surface area (Å²) in [7, 11) is 3.54. The number of piperidine rings is 1. The van der Waals surface area contributed by atoms with Crippen molar-refractivity contribution in [3.63, 3.8) is 0 Å². The molecule has 1 atom stereocenters. The Hall–Kier alpha value is -1.22. The fraction of sp³-hybridized carbons (Fsp3) is 0.650. The van der Waals surface area contributed by atoms with Crippen molar-refractivity contribution in [2.45, 2.75) is 45.2 Å². The summed E-state index contributed by atoms with van der Waals surface area (Å²) in [5, 5.41) is 10.4. The monoisotopic (exact) mass is 489 g/mol. The summed E-state index contributed by atoms with van der Waals surface area (Å²) in [6, 6.07) is 8.68. The van der Waals surface area contributed by atoms with Crippen molar-refractivity contribution < 1.29 is 4.74 Å². The van der Waals surface area contributed by atoms with E-state index in [4.69, 9.17) is 4.74 Å². The molecule has 1 aromatic carbocycles. The van der Waals surface area contributed by atoms with Crippen LogP contribution in [0.3, 0.4) is 0 Å². The van der Waals surface area contributed by atoms with Crippen molar-refractivity contribution in [3.05, 3.63) is 24.3 Å². The molecule has 3 N–H and O–H groups in total. The lowest BCUT2D eigenvalue weighted by molar-refractivity contribution is 0.414. The third-order valence-corrected chi connectivity index (χ3v) is 4.48. The van der Waals surface area contributed by atoms with Gasteiger partial charge in [0.1, 0.15) is 5.75 Å². The molecule has 0 amide bonds. The number of ether oxygens (including phenoxy) is 1. The third-order valence-electron chi connectivity index (χ3n) is 4.48. The van der Waals surface area contributed by atoms with Gasteiger partial charge < -0.3 is 25.6 Å². The largest absolute Gasteiger partial charge is 0.497 e. The first-order chi connectivity index (χ1) is 12.4. The van der Waals surface area contributed by atoms with Gasteiger partial charge in [0, 0.05) is 56.6 Å². The maximum Gasteiger partial charge on any atom is 0.191 e. The van der Waals surface area contributed by atoms with Crippen LogP contribution in [-0.2, 0) is 0 Å². The van der Waals surface area contributed by atoms with Gasteiger partial charge in [0.2, 0.25) is 0 Å². The van der Waals surface area contributed by atoms with Crippen molar-refractivity contribution >= 4 is 35.6 Å². The maximum absolute atomic E-state index is 5.36. The second-order valence-electron chi connectivity index (χ2n) is 7.81. The zero-order chi connectivity index (χ0) is 19.0. The van der Waals surface area contributed by atoms with Crippen LogP contribution in [0.15, 0.2) is 29.3 Å². The Morgan fingerprint density at radius 2 is 2.07 bits per heavy atom. The molecule has 1 saturated heterocycles. The SMILES string of the molecule is CN=C(NCCNC(C)(C)C)NC1CCCN(c2cccc(OC)c2)C1.I. The number of nitrogens with zero attached hydrogens (tertiary/aromatic N) is 2. The number of methoxy groups -OCH3 is 1. The van der Waals surface area contributed by atoms with Crippen LogP contribution in [0, 0.1) is 0 Å². The highest BCUT2D eigenvalue weighted by Crippen LogP contribution is 2.24. The first kappa shape index (κ1) is 23.8. The lowest BCUT2D eigenvalue weighted by Crippen LogP contribution is -2.52. The zero-order valence-electron chi connectivity index (χ0n) is 17.3. The molecule has 1 fully saturated rings. The van der Waals surface area contributed by atoms with Crippen molar-refractivity contribution in [3.8, 4) is 5.75 Å². The number of halogens is 1. The molecule has 7 heteroatoms. The van der Waals surface area contributed by atoms with Crippen LogP contribution in [0.2, 0.25) is 0 Å². The lowest BCUT2D eigenvalue weighted by atomic mass is 10.0. The summed E-state index contributed by atoms with van der Waals surface area (Å²) in [5.74, 6) is 1.78. The molecule has 6 nitrogen and oxygen atoms in total. The minimum absolute atomic E-state index is 0. The first-order valence-electron chi connectivity index (χ1n) is 9.52. The molecule has 1 unspecified atom stereocenters. The average molecular weight is 489 g/mol. The van der Waals surface area contributed by atoms with E-state index in [1.807, 2.05) is 19.2 Å². The summed E-state index contributed by atoms with van der Waals surface area (Å²) >= 11 is 0. The summed E-state index contributed by atoms with van der Waals surface area (Å²) in [5.41, 5.74) is 1.35. The summed E-state index contributed by atoms with van der Waals surface area (Å²) in [6.07, 6.45) is 2.32. The van der Waals surface area contributed by atoms with Crippen LogP contribution in [0.5, 0.6) is 5.75 Å². The summed E-state index contributed by atoms with van der Waals surface area (Å²) in [6.45, 7) is 10.3. The Morgan fingerprint density at radius 1 is 1.30 bits per heavy atom. The van der Waals surface area contributed by atoms with Crippen LogP contribution in [-0.4, -0.2) is 57.9 Å². The number of hydrogen-bond acceptors (Lipinski definition) is 4. The highest BCUT2D eigenvalue weighted by atomic mass is 127. The fourth-order valence-electron chi connectivity index (χ4n) is 3.14. The molecule has 1 heterocycles. The third kappa shape index (κ3) is 8.55. The fourth-order valence-corrected chi connectivity index (χ4v) is 3.14. The molecule has 2 rings (SSSR count). The minimum atomic E-state index is 0. The van der Waals surface area contributed by atoms with E-state index in [1.165, 1.54) is 5.69 Å². The molecule has 1 aromatic rings. The molecule has 27 heavy (non-hydrogen) atoms. The zero-order valence-corrected chi connectivity index (χ0v) is 19.7. The second kappa shape index (κ2) is 11.6. The molecular weight excluding hydrogens is 453 g/mol. The van der Waals surface area contributed by atoms with E-state index in [1.54, 1.807) is 7.11 Å². The molecule has 0 aromatic heterocycles. The molecule has 0 saturated carbocycles. The number of nitrogens with one attached hydrogen (secondary N) is 3. The predicted octanol–water partition coefficient (Wildman–Crippen LogP) is 2.84. The Labute approximate surface area is 181 Å². The molecule has 154 valence electrons. The normalized spacial score (nSPS) is 17.9. The van der Waals surface area contributed by atoms with E-state index in [2.05, 4.69) is 58.7 Å². The summed E-state index contributed by atoms with van der Waals surface area (Å²) < 4.78 is 5.36. The summed E-state index contributed by atoms with van der Waals surface area (Å²) in [4.78, 5) is 6.78. The van der Waals surface area contributed by atoms with Crippen molar-refractivity contribution in [2.24, 2.45) is 4.99 Å². The molecule has 1 aliphatic rings. The van der Waals surface area contributed by atoms with E-state index in [-0.39, 0.29) is 29.5 Å². The van der Waals surface area contributed by atoms with Gasteiger partial charge in [-0.05, 0) is 45.7 Å². The highest BCUT2D eigenvalue weighted by molar-refractivity contribution is 14.0. The van der Waals surface area contributed by atoms with Crippen LogP contribution in [0.1, 0.15) is 33.6 Å². The quantitative estimate of drug-likeness (QED) is 0.248. The smallest absolute Gasteiger partial charge is 0.191 e. The van der Waals surface area contributed by atoms with Gasteiger partial charge in [-0.3, -0.25) is 4.99 Å². The number of aliphatic imine (C=N–C) groups is 1. The average Bonchev–Trinajstić information content (AvgIpc) is 2.63. The van der Waals surface area contributed by atoms with Gasteiger partial charge in [-0.25, -0.2) is 0 Å². The molecular formula is C20H36IN5O. The van der Waals surface area contributed by atoms with Gasteiger partial charge in [-0.1, -0.05) is 6.07 Å². The Morgan fingerprint density at radius 3 is 2.74 bits per heavy atom. The number of anilines is 1. The Kier molecular flexibility index (Phi) is 10.2. The Bertz CT molecular complexity index is 588. The van der Waals surface area contributed by atoms with Crippen molar-refractivity contribution in [2.75, 3.05) is 45.2 Å². The van der Waals surface area contributed by atoms with Crippen molar-refractivity contribution in [1.29, 1.82) is 0 Å². The van der Waals surface area contributed by atoms with Gasteiger partial charge in [-0.2, -0.15) is 0 Å². The van der Waals surface area contributed by atoms with Crippen LogP contribution in [0.4, 0.5) is 5.69 Å². The van der Waals surface area contributed by atoms with E-state index in [9.17, 15) is 0 Å². The van der Waals surface area contributed by atoms with Crippen LogP contribution < -0.4 is 25.6 Å². The van der Waals surface area contributed by atoms with E-state index < -0.39 is 0 Å². The standard InChI is InChI=1S/C20H35N5O.HI/c1-20(2,3)23-12-11-22-19(21-4)24-16-8-7-13-25(15-16)17-9-6-10-18(14-17)26-5;/h6,9-10,14,16,23H,7-8,11-13,15H2,1-5H3,(H2,21,22,24);1H. The van der Waals surface area contributed by atoms with Gasteiger partial charge in [0.05, 0.1) is 7.11 Å². The van der Waals surface area contributed by atoms with Gasteiger partial charge in [0.15, 0.2) is 5.96 Å². The van der Waals surface area contributed by atoms with Gasteiger partial charge in [0.25, 0.3) is 0 Å². The molecule has 0 bridgehead atoms. The number of guanidine groups is 1. The predicted molar refractivity (Wildman–Crippen MR) is 126 cm³/mol. The maximum atomic E-state index is 5.36. The van der Waals surface area contributed by atoms with Crippen LogP contribution in [0.25, 0.3) is 0 Å². The molecule has 1 aliphatic heterocycles. The molecule has 0 aliphatic carbocycles. The topological polar surface area (TPSA) is 60.9 Å². The number of hydrogen-bond donors (Lipinski definition) is 3. The van der Waals surface area contributed by atoms with E-state index >= 15 is 0 Å². The second-order valence-corrected chi connectivity index (χ2v) is 7.81. The first-order valence-corrected chi connectivity index (χ1v) is 9.52. The van der Waals surface area contributed by atoms with Crippen molar-refractivity contribution in [1.82, 2.24) is 16.0 Å². The minimum Gasteiger partial charge on any atom is -0.497 e. The van der Waals surface area contributed by atoms with Crippen LogP contribution >= 0.6 is 24.0 Å². The van der Waals surface area contributed by atoms with Gasteiger partial charge >= 0.3 is 0 Å². The number of rotatable bonds is 6. The van der Waals surface area contributed by atoms with E-state index in [0.717, 1.165) is 50.7 Å². The number of benzene rings is 1. The Balaban J connectivity index is 0.00000364. The highest BCUT2D eigenvalue weighted by Gasteiger charge is 2.21. The van der Waals surface area contributed by atoms with E-state index in [0.29, 0.717) is 6.04 Å².